The standard InChI is InChI=1S/C15H20F2O8S/c16-15(17,26-25-24-21)12(19)23-2-1-22-11(18)13-4-9-3-10(5-13)7-14(20,6-9)8-13/h9-10,20-21H,1-8H2. The number of rotatable bonds is 8. The minimum atomic E-state index is -4.09. The van der Waals surface area contributed by atoms with Crippen LogP contribution in [0.3, 0.4) is 0 Å². The summed E-state index contributed by atoms with van der Waals surface area (Å²) in [7, 11) is 0. The highest BCUT2D eigenvalue weighted by atomic mass is 32.2. The van der Waals surface area contributed by atoms with Gasteiger partial charge in [0.2, 0.25) is 0 Å². The van der Waals surface area contributed by atoms with Crippen molar-refractivity contribution in [1.82, 2.24) is 0 Å². The third-order valence-electron chi connectivity index (χ3n) is 5.42. The fraction of sp³-hybridized carbons (Fsp3) is 0.867. The van der Waals surface area contributed by atoms with E-state index >= 15 is 0 Å². The Balaban J connectivity index is 1.46. The molecule has 0 saturated heterocycles. The predicted molar refractivity (Wildman–Crippen MR) is 81.3 cm³/mol. The minimum absolute atomic E-state index is 0.302. The monoisotopic (exact) mass is 398 g/mol. The summed E-state index contributed by atoms with van der Waals surface area (Å²) in [6, 6.07) is 0. The molecule has 8 nitrogen and oxygen atoms in total. The Morgan fingerprint density at radius 2 is 1.73 bits per heavy atom. The van der Waals surface area contributed by atoms with E-state index in [0.717, 1.165) is 6.42 Å². The lowest BCUT2D eigenvalue weighted by Gasteiger charge is -2.58. The number of alkyl halides is 2. The average molecular weight is 398 g/mol. The van der Waals surface area contributed by atoms with Crippen molar-refractivity contribution in [2.75, 3.05) is 13.2 Å². The maximum atomic E-state index is 13.2. The van der Waals surface area contributed by atoms with E-state index in [1.807, 2.05) is 0 Å². The van der Waals surface area contributed by atoms with Gasteiger partial charge < -0.3 is 14.6 Å². The van der Waals surface area contributed by atoms with Crippen molar-refractivity contribution >= 4 is 24.0 Å². The second-order valence-corrected chi connectivity index (χ2v) is 8.30. The van der Waals surface area contributed by atoms with Gasteiger partial charge in [-0.25, -0.2) is 10.1 Å². The molecule has 4 aliphatic carbocycles. The molecule has 11 heteroatoms. The van der Waals surface area contributed by atoms with E-state index in [1.54, 1.807) is 0 Å². The third-order valence-corrected chi connectivity index (χ3v) is 5.92. The Labute approximate surface area is 152 Å². The fourth-order valence-electron chi connectivity index (χ4n) is 5.05. The Morgan fingerprint density at radius 1 is 1.12 bits per heavy atom. The van der Waals surface area contributed by atoms with Crippen LogP contribution in [0.5, 0.6) is 0 Å². The maximum Gasteiger partial charge on any atom is 0.415 e. The highest BCUT2D eigenvalue weighted by Gasteiger charge is 2.60. The molecule has 148 valence electrons. The van der Waals surface area contributed by atoms with Crippen LogP contribution in [0, 0.1) is 17.3 Å². The van der Waals surface area contributed by atoms with E-state index in [4.69, 9.17) is 9.99 Å². The molecule has 26 heavy (non-hydrogen) atoms. The summed E-state index contributed by atoms with van der Waals surface area (Å²) in [5, 5.41) is 17.3. The summed E-state index contributed by atoms with van der Waals surface area (Å²) in [5.41, 5.74) is -1.54. The minimum Gasteiger partial charge on any atom is -0.462 e. The van der Waals surface area contributed by atoms with Crippen LogP contribution in [-0.4, -0.2) is 46.4 Å². The molecule has 0 aliphatic heterocycles. The number of hydrogen-bond acceptors (Lipinski definition) is 9. The number of aliphatic hydroxyl groups is 1. The van der Waals surface area contributed by atoms with Gasteiger partial charge in [-0.1, -0.05) is 5.04 Å². The van der Waals surface area contributed by atoms with Crippen LogP contribution in [-0.2, 0) is 28.4 Å². The topological polar surface area (TPSA) is 112 Å². The van der Waals surface area contributed by atoms with E-state index in [0.29, 0.717) is 43.9 Å². The number of halogens is 2. The number of ether oxygens (including phenoxy) is 2. The highest BCUT2D eigenvalue weighted by molar-refractivity contribution is 7.96. The van der Waals surface area contributed by atoms with E-state index in [1.165, 1.54) is 0 Å². The highest BCUT2D eigenvalue weighted by Crippen LogP contribution is 2.61. The van der Waals surface area contributed by atoms with Gasteiger partial charge in [0.05, 0.1) is 11.0 Å². The molecule has 0 radical (unpaired) electrons. The number of esters is 2. The molecule has 0 amide bonds. The number of carbonyl (C=O) groups excluding carboxylic acids is 2. The van der Waals surface area contributed by atoms with Gasteiger partial charge in [0.1, 0.15) is 25.3 Å². The lowest BCUT2D eigenvalue weighted by Crippen LogP contribution is -2.58. The van der Waals surface area contributed by atoms with Gasteiger partial charge in [0, 0.05) is 0 Å². The largest absolute Gasteiger partial charge is 0.462 e. The Hall–Kier alpha value is -1.01. The summed E-state index contributed by atoms with van der Waals surface area (Å²) < 4.78 is 39.4. The first-order chi connectivity index (χ1) is 12.2. The predicted octanol–water partition coefficient (Wildman–Crippen LogP) is 2.07. The van der Waals surface area contributed by atoms with Crippen molar-refractivity contribution in [2.24, 2.45) is 17.3 Å². The molecule has 0 spiro atoms. The fourth-order valence-corrected chi connectivity index (χ4v) is 5.29. The van der Waals surface area contributed by atoms with Gasteiger partial charge in [-0.05, 0) is 50.4 Å². The molecule has 4 rings (SSSR count). The first kappa shape index (κ1) is 19.7. The van der Waals surface area contributed by atoms with Gasteiger partial charge >= 0.3 is 17.2 Å². The van der Waals surface area contributed by atoms with Gasteiger partial charge in [0.25, 0.3) is 0 Å². The lowest BCUT2D eigenvalue weighted by atomic mass is 9.48. The van der Waals surface area contributed by atoms with Crippen LogP contribution in [0.15, 0.2) is 0 Å². The van der Waals surface area contributed by atoms with Crippen molar-refractivity contribution in [3.05, 3.63) is 0 Å². The van der Waals surface area contributed by atoms with Crippen LogP contribution in [0.1, 0.15) is 38.5 Å². The Morgan fingerprint density at radius 3 is 2.31 bits per heavy atom. The van der Waals surface area contributed by atoms with Gasteiger partial charge in [0.15, 0.2) is 0 Å². The molecule has 4 fully saturated rings. The molecule has 0 aromatic rings. The molecule has 0 aromatic carbocycles. The molecule has 4 aliphatic rings. The van der Waals surface area contributed by atoms with Crippen LogP contribution < -0.4 is 0 Å². The smallest absolute Gasteiger partial charge is 0.415 e. The Bertz CT molecular complexity index is 558. The second-order valence-electron chi connectivity index (χ2n) is 7.48. The van der Waals surface area contributed by atoms with Crippen LogP contribution in [0.4, 0.5) is 8.78 Å². The SMILES string of the molecule is O=C(OCCOC(=O)C(F)(F)SOOO)C12CC3CC(CC(O)(C3)C1)C2. The zero-order valence-electron chi connectivity index (χ0n) is 13.8. The van der Waals surface area contributed by atoms with Crippen LogP contribution in [0.25, 0.3) is 0 Å². The molecule has 4 bridgehead atoms. The van der Waals surface area contributed by atoms with Crippen molar-refractivity contribution in [3.63, 3.8) is 0 Å². The molecule has 2 unspecified atom stereocenters. The molecule has 2 N–H and O–H groups in total. The normalized spacial score (nSPS) is 35.4. The molecular weight excluding hydrogens is 378 g/mol. The van der Waals surface area contributed by atoms with E-state index in [-0.39, 0.29) is 6.61 Å². The molecule has 2 atom stereocenters. The number of hydrogen-bond donors (Lipinski definition) is 2. The molecule has 4 saturated carbocycles. The maximum absolute atomic E-state index is 13.2. The van der Waals surface area contributed by atoms with Crippen molar-refractivity contribution in [1.29, 1.82) is 0 Å². The van der Waals surface area contributed by atoms with E-state index < -0.39 is 46.9 Å². The third kappa shape index (κ3) is 3.96. The number of carbonyl (C=O) groups is 2. The van der Waals surface area contributed by atoms with E-state index in [9.17, 15) is 23.5 Å². The molecular formula is C15H20F2O8S. The average Bonchev–Trinajstić information content (AvgIpc) is 2.54. The summed E-state index contributed by atoms with van der Waals surface area (Å²) in [4.78, 5) is 23.7. The van der Waals surface area contributed by atoms with Crippen LogP contribution in [0.2, 0.25) is 0 Å². The summed E-state index contributed by atoms with van der Waals surface area (Å²) in [6.07, 6.45) is 4.13. The van der Waals surface area contributed by atoms with Crippen molar-refractivity contribution in [2.45, 2.75) is 49.4 Å². The first-order valence-electron chi connectivity index (χ1n) is 8.29. The van der Waals surface area contributed by atoms with Gasteiger partial charge in [-0.3, -0.25) is 4.79 Å². The first-order valence-corrected chi connectivity index (χ1v) is 9.03. The van der Waals surface area contributed by atoms with Gasteiger partial charge in [-0.15, -0.1) is 4.33 Å². The zero-order chi connectivity index (χ0) is 19.0. The van der Waals surface area contributed by atoms with E-state index in [2.05, 4.69) is 14.1 Å². The quantitative estimate of drug-likeness (QED) is 0.209. The Kier molecular flexibility index (Phi) is 5.46. The summed E-state index contributed by atoms with van der Waals surface area (Å²) >= 11 is -0.726. The van der Waals surface area contributed by atoms with Crippen molar-refractivity contribution < 1.29 is 47.6 Å². The summed E-state index contributed by atoms with van der Waals surface area (Å²) in [5.74, 6) is -1.79. The molecule has 0 aromatic heterocycles. The lowest BCUT2D eigenvalue weighted by molar-refractivity contribution is -0.433. The van der Waals surface area contributed by atoms with Crippen LogP contribution >= 0.6 is 12.0 Å². The molecule has 0 heterocycles. The second kappa shape index (κ2) is 7.19. The van der Waals surface area contributed by atoms with Gasteiger partial charge in [-0.2, -0.15) is 8.78 Å². The van der Waals surface area contributed by atoms with Crippen molar-refractivity contribution in [3.8, 4) is 0 Å². The zero-order valence-corrected chi connectivity index (χ0v) is 14.6. The summed E-state index contributed by atoms with van der Waals surface area (Å²) in [6.45, 7) is -0.911.